The Bertz CT molecular complexity index is 327. The SMILES string of the molecule is CCN(CCCN=O)CCC(C)c1ccccc1. The third kappa shape index (κ3) is 5.41. The van der Waals surface area contributed by atoms with Gasteiger partial charge in [0.05, 0.1) is 6.54 Å². The third-order valence-corrected chi connectivity index (χ3v) is 3.42. The fraction of sp³-hybridized carbons (Fsp3) is 0.600. The minimum absolute atomic E-state index is 0.435. The first-order valence-electron chi connectivity index (χ1n) is 6.84. The molecule has 0 bridgehead atoms. The molecule has 1 unspecified atom stereocenters. The molecular formula is C15H24N2O. The lowest BCUT2D eigenvalue weighted by Crippen LogP contribution is -2.27. The topological polar surface area (TPSA) is 32.7 Å². The third-order valence-electron chi connectivity index (χ3n) is 3.42. The van der Waals surface area contributed by atoms with Gasteiger partial charge in [0.2, 0.25) is 0 Å². The van der Waals surface area contributed by atoms with Crippen LogP contribution in [0.25, 0.3) is 0 Å². The van der Waals surface area contributed by atoms with Crippen molar-refractivity contribution >= 4 is 0 Å². The minimum atomic E-state index is 0.435. The maximum absolute atomic E-state index is 10.1. The zero-order valence-corrected chi connectivity index (χ0v) is 11.5. The van der Waals surface area contributed by atoms with E-state index in [-0.39, 0.29) is 0 Å². The second-order valence-electron chi connectivity index (χ2n) is 4.74. The molecule has 0 aliphatic rings. The molecule has 0 spiro atoms. The normalized spacial score (nSPS) is 12.6. The maximum atomic E-state index is 10.1. The summed E-state index contributed by atoms with van der Waals surface area (Å²) in [5, 5.41) is 2.91. The van der Waals surface area contributed by atoms with Gasteiger partial charge < -0.3 is 4.90 Å². The average molecular weight is 248 g/mol. The van der Waals surface area contributed by atoms with Gasteiger partial charge in [0.25, 0.3) is 0 Å². The molecule has 0 saturated carbocycles. The maximum Gasteiger partial charge on any atom is 0.0823 e. The smallest absolute Gasteiger partial charge is 0.0823 e. The van der Waals surface area contributed by atoms with E-state index in [1.807, 2.05) is 0 Å². The van der Waals surface area contributed by atoms with Crippen LogP contribution in [0.3, 0.4) is 0 Å². The fourth-order valence-electron chi connectivity index (χ4n) is 2.11. The largest absolute Gasteiger partial charge is 0.304 e. The molecule has 1 aromatic carbocycles. The quantitative estimate of drug-likeness (QED) is 0.493. The van der Waals surface area contributed by atoms with Gasteiger partial charge in [0.15, 0.2) is 0 Å². The van der Waals surface area contributed by atoms with Crippen LogP contribution in [0.5, 0.6) is 0 Å². The fourth-order valence-corrected chi connectivity index (χ4v) is 2.11. The summed E-state index contributed by atoms with van der Waals surface area (Å²) in [7, 11) is 0. The molecule has 0 radical (unpaired) electrons. The summed E-state index contributed by atoms with van der Waals surface area (Å²) in [5.41, 5.74) is 1.41. The zero-order chi connectivity index (χ0) is 13.2. The van der Waals surface area contributed by atoms with Gasteiger partial charge >= 0.3 is 0 Å². The lowest BCUT2D eigenvalue weighted by molar-refractivity contribution is 0.276. The standard InChI is InChI=1S/C15H24N2O/c1-3-17(12-7-11-16-18)13-10-14(2)15-8-5-4-6-9-15/h4-6,8-9,14H,3,7,10-13H2,1-2H3. The van der Waals surface area contributed by atoms with Crippen molar-refractivity contribution < 1.29 is 0 Å². The zero-order valence-electron chi connectivity index (χ0n) is 11.5. The van der Waals surface area contributed by atoms with Crippen molar-refractivity contribution in [1.82, 2.24) is 4.90 Å². The Morgan fingerprint density at radius 3 is 2.56 bits per heavy atom. The van der Waals surface area contributed by atoms with Crippen LogP contribution in [0.4, 0.5) is 0 Å². The second kappa shape index (κ2) is 8.81. The Balaban J connectivity index is 2.31. The molecular weight excluding hydrogens is 224 g/mol. The van der Waals surface area contributed by atoms with Crippen LogP contribution in [0.2, 0.25) is 0 Å². The van der Waals surface area contributed by atoms with Gasteiger partial charge in [-0.2, -0.15) is 4.91 Å². The minimum Gasteiger partial charge on any atom is -0.304 e. The van der Waals surface area contributed by atoms with Crippen LogP contribution >= 0.6 is 0 Å². The van der Waals surface area contributed by atoms with Crippen molar-refractivity contribution in [2.75, 3.05) is 26.2 Å². The monoisotopic (exact) mass is 248 g/mol. The van der Waals surface area contributed by atoms with Gasteiger partial charge in [-0.15, -0.1) is 0 Å². The lowest BCUT2D eigenvalue weighted by atomic mass is 9.98. The van der Waals surface area contributed by atoms with Gasteiger partial charge in [-0.3, -0.25) is 0 Å². The summed E-state index contributed by atoms with van der Waals surface area (Å²) < 4.78 is 0. The predicted molar refractivity (Wildman–Crippen MR) is 76.9 cm³/mol. The molecule has 3 heteroatoms. The molecule has 0 aliphatic carbocycles. The molecule has 3 nitrogen and oxygen atoms in total. The Kier molecular flexibility index (Phi) is 7.26. The number of hydrogen-bond donors (Lipinski definition) is 0. The lowest BCUT2D eigenvalue weighted by Gasteiger charge is -2.22. The van der Waals surface area contributed by atoms with Crippen LogP contribution < -0.4 is 0 Å². The number of hydrogen-bond acceptors (Lipinski definition) is 3. The van der Waals surface area contributed by atoms with Crippen molar-refractivity contribution in [3.05, 3.63) is 40.8 Å². The van der Waals surface area contributed by atoms with Gasteiger partial charge in [-0.1, -0.05) is 49.4 Å². The van der Waals surface area contributed by atoms with Crippen LogP contribution in [-0.2, 0) is 0 Å². The molecule has 1 atom stereocenters. The van der Waals surface area contributed by atoms with E-state index in [9.17, 15) is 4.91 Å². The molecule has 0 N–H and O–H groups in total. The Morgan fingerprint density at radius 1 is 1.22 bits per heavy atom. The Hall–Kier alpha value is -1.22. The molecule has 0 aromatic heterocycles. The molecule has 0 heterocycles. The van der Waals surface area contributed by atoms with E-state index in [4.69, 9.17) is 0 Å². The summed E-state index contributed by atoms with van der Waals surface area (Å²) in [6.45, 7) is 7.98. The van der Waals surface area contributed by atoms with Crippen LogP contribution in [-0.4, -0.2) is 31.1 Å². The molecule has 100 valence electrons. The molecule has 1 rings (SSSR count). The van der Waals surface area contributed by atoms with Crippen molar-refractivity contribution in [2.24, 2.45) is 5.18 Å². The van der Waals surface area contributed by atoms with Crippen molar-refractivity contribution in [3.8, 4) is 0 Å². The number of nitroso groups, excluding NO2 is 1. The van der Waals surface area contributed by atoms with E-state index < -0.39 is 0 Å². The first-order chi connectivity index (χ1) is 8.77. The highest BCUT2D eigenvalue weighted by atomic mass is 16.3. The molecule has 18 heavy (non-hydrogen) atoms. The van der Waals surface area contributed by atoms with E-state index in [1.165, 1.54) is 5.56 Å². The molecule has 0 saturated heterocycles. The van der Waals surface area contributed by atoms with E-state index in [1.54, 1.807) is 0 Å². The summed E-state index contributed by atoms with van der Waals surface area (Å²) in [6, 6.07) is 10.6. The number of nitrogens with zero attached hydrogens (tertiary/aromatic N) is 2. The second-order valence-corrected chi connectivity index (χ2v) is 4.74. The highest BCUT2D eigenvalue weighted by Crippen LogP contribution is 2.18. The van der Waals surface area contributed by atoms with Crippen molar-refractivity contribution in [1.29, 1.82) is 0 Å². The van der Waals surface area contributed by atoms with E-state index >= 15 is 0 Å². The van der Waals surface area contributed by atoms with Gasteiger partial charge in [0, 0.05) is 6.54 Å². The van der Waals surface area contributed by atoms with Crippen LogP contribution in [0, 0.1) is 4.91 Å². The molecule has 0 amide bonds. The van der Waals surface area contributed by atoms with Crippen LogP contribution in [0.15, 0.2) is 35.5 Å². The first-order valence-corrected chi connectivity index (χ1v) is 6.84. The van der Waals surface area contributed by atoms with Gasteiger partial charge in [-0.25, -0.2) is 0 Å². The average Bonchev–Trinajstić information content (AvgIpc) is 2.43. The Labute approximate surface area is 110 Å². The summed E-state index contributed by atoms with van der Waals surface area (Å²) >= 11 is 0. The van der Waals surface area contributed by atoms with Gasteiger partial charge in [-0.05, 0) is 37.4 Å². The van der Waals surface area contributed by atoms with Crippen molar-refractivity contribution in [3.63, 3.8) is 0 Å². The summed E-state index contributed by atoms with van der Waals surface area (Å²) in [5.74, 6) is 0.587. The highest BCUT2D eigenvalue weighted by molar-refractivity contribution is 5.18. The number of rotatable bonds is 9. The highest BCUT2D eigenvalue weighted by Gasteiger charge is 2.08. The van der Waals surface area contributed by atoms with E-state index in [0.29, 0.717) is 12.5 Å². The summed E-state index contributed by atoms with van der Waals surface area (Å²) in [6.07, 6.45) is 2.03. The molecule has 1 aromatic rings. The van der Waals surface area contributed by atoms with E-state index in [0.717, 1.165) is 32.5 Å². The molecule has 0 fully saturated rings. The van der Waals surface area contributed by atoms with Gasteiger partial charge in [0.1, 0.15) is 0 Å². The number of benzene rings is 1. The Morgan fingerprint density at radius 2 is 1.94 bits per heavy atom. The summed E-state index contributed by atoms with van der Waals surface area (Å²) in [4.78, 5) is 12.5. The predicted octanol–water partition coefficient (Wildman–Crippen LogP) is 3.66. The molecule has 0 aliphatic heterocycles. The first kappa shape index (κ1) is 14.8. The van der Waals surface area contributed by atoms with Crippen molar-refractivity contribution in [2.45, 2.75) is 32.6 Å². The van der Waals surface area contributed by atoms with E-state index in [2.05, 4.69) is 54.3 Å². The van der Waals surface area contributed by atoms with Crippen LogP contribution in [0.1, 0.15) is 38.2 Å².